The maximum absolute atomic E-state index is 12.6. The molecule has 0 spiro atoms. The average Bonchev–Trinajstić information content (AvgIpc) is 2.89. The number of imide groups is 1. The van der Waals surface area contributed by atoms with E-state index < -0.39 is 22.8 Å². The van der Waals surface area contributed by atoms with Gasteiger partial charge in [-0.3, -0.25) is 24.9 Å². The number of hydrogen-bond acceptors (Lipinski definition) is 6. The van der Waals surface area contributed by atoms with Gasteiger partial charge in [-0.25, -0.2) is 9.96 Å². The third-order valence-corrected chi connectivity index (χ3v) is 3.76. The van der Waals surface area contributed by atoms with Gasteiger partial charge in [-0.2, -0.15) is 0 Å². The summed E-state index contributed by atoms with van der Waals surface area (Å²) in [6.45, 7) is 0. The van der Waals surface area contributed by atoms with E-state index in [4.69, 9.17) is 0 Å². The van der Waals surface area contributed by atoms with Crippen molar-refractivity contribution in [2.75, 3.05) is 9.96 Å². The first-order valence-corrected chi connectivity index (χ1v) is 7.14. The maximum Gasteiger partial charge on any atom is 0.293 e. The zero-order valence-electron chi connectivity index (χ0n) is 12.4. The molecule has 3 rings (SSSR count). The molecule has 1 saturated heterocycles. The minimum absolute atomic E-state index is 0.0959. The van der Waals surface area contributed by atoms with E-state index in [9.17, 15) is 24.9 Å². The summed E-state index contributed by atoms with van der Waals surface area (Å²) in [4.78, 5) is 36.1. The SMILES string of the molecule is O=C1C[C@H](N(O)c2ccccc2)C(=O)N1c1ccccc1[N+](=O)[O-]. The molecular formula is C16H13N3O5. The molecule has 0 saturated carbocycles. The first kappa shape index (κ1) is 15.6. The molecule has 2 aromatic carbocycles. The number of nitro groups is 1. The number of amides is 2. The van der Waals surface area contributed by atoms with Gasteiger partial charge in [-0.05, 0) is 18.2 Å². The number of carbonyl (C=O) groups excluding carboxylic acids is 2. The third-order valence-electron chi connectivity index (χ3n) is 3.76. The molecular weight excluding hydrogens is 314 g/mol. The standard InChI is InChI=1S/C16H13N3O5/c20-15-10-14(18(22)11-6-2-1-3-7-11)16(21)17(15)12-8-4-5-9-13(12)19(23)24/h1-9,14,22H,10H2/t14-/m0/s1. The lowest BCUT2D eigenvalue weighted by Crippen LogP contribution is -2.40. The van der Waals surface area contributed by atoms with Crippen molar-refractivity contribution in [3.8, 4) is 0 Å². The number of carbonyl (C=O) groups is 2. The summed E-state index contributed by atoms with van der Waals surface area (Å²) >= 11 is 0. The van der Waals surface area contributed by atoms with E-state index in [1.54, 1.807) is 30.3 Å². The molecule has 1 N–H and O–H groups in total. The lowest BCUT2D eigenvalue weighted by molar-refractivity contribution is -0.384. The second-order valence-corrected chi connectivity index (χ2v) is 5.21. The number of nitro benzene ring substituents is 1. The van der Waals surface area contributed by atoms with E-state index in [0.717, 1.165) is 9.96 Å². The lowest BCUT2D eigenvalue weighted by Gasteiger charge is -2.22. The number of nitrogens with zero attached hydrogens (tertiary/aromatic N) is 3. The zero-order valence-corrected chi connectivity index (χ0v) is 12.4. The minimum Gasteiger partial charge on any atom is -0.288 e. The van der Waals surface area contributed by atoms with Crippen molar-refractivity contribution in [1.82, 2.24) is 0 Å². The molecule has 0 aromatic heterocycles. The highest BCUT2D eigenvalue weighted by Gasteiger charge is 2.45. The van der Waals surface area contributed by atoms with Gasteiger partial charge in [0, 0.05) is 6.07 Å². The monoisotopic (exact) mass is 327 g/mol. The summed E-state index contributed by atoms with van der Waals surface area (Å²) in [5.41, 5.74) is -0.0847. The fourth-order valence-corrected chi connectivity index (χ4v) is 2.63. The number of para-hydroxylation sites is 3. The molecule has 0 unspecified atom stereocenters. The molecule has 1 fully saturated rings. The first-order chi connectivity index (χ1) is 11.5. The molecule has 24 heavy (non-hydrogen) atoms. The summed E-state index contributed by atoms with van der Waals surface area (Å²) in [7, 11) is 0. The zero-order chi connectivity index (χ0) is 17.3. The molecule has 1 atom stereocenters. The van der Waals surface area contributed by atoms with Gasteiger partial charge in [0.1, 0.15) is 11.7 Å². The molecule has 0 radical (unpaired) electrons. The van der Waals surface area contributed by atoms with Crippen LogP contribution in [-0.4, -0.2) is 28.0 Å². The summed E-state index contributed by atoms with van der Waals surface area (Å²) in [5.74, 6) is -1.31. The van der Waals surface area contributed by atoms with Crippen LogP contribution in [0.25, 0.3) is 0 Å². The van der Waals surface area contributed by atoms with Crippen LogP contribution in [0.5, 0.6) is 0 Å². The molecule has 0 bridgehead atoms. The third kappa shape index (κ3) is 2.59. The van der Waals surface area contributed by atoms with Gasteiger partial charge in [-0.15, -0.1) is 0 Å². The van der Waals surface area contributed by atoms with Gasteiger partial charge in [0.05, 0.1) is 17.0 Å². The van der Waals surface area contributed by atoms with E-state index in [1.807, 2.05) is 0 Å². The normalized spacial score (nSPS) is 17.2. The van der Waals surface area contributed by atoms with E-state index in [2.05, 4.69) is 0 Å². The van der Waals surface area contributed by atoms with Crippen LogP contribution in [0.4, 0.5) is 17.1 Å². The van der Waals surface area contributed by atoms with E-state index in [1.165, 1.54) is 24.3 Å². The number of rotatable bonds is 4. The topological polar surface area (TPSA) is 104 Å². The molecule has 2 amide bonds. The Balaban J connectivity index is 1.95. The Kier molecular flexibility index (Phi) is 3.97. The van der Waals surface area contributed by atoms with Crippen LogP contribution in [0.15, 0.2) is 54.6 Å². The molecule has 1 heterocycles. The Labute approximate surface area is 136 Å². The number of hydroxylamine groups is 1. The lowest BCUT2D eigenvalue weighted by atomic mass is 10.2. The van der Waals surface area contributed by atoms with E-state index in [-0.39, 0.29) is 17.8 Å². The number of anilines is 2. The van der Waals surface area contributed by atoms with Crippen molar-refractivity contribution in [2.45, 2.75) is 12.5 Å². The van der Waals surface area contributed by atoms with Crippen LogP contribution >= 0.6 is 0 Å². The highest BCUT2D eigenvalue weighted by molar-refractivity contribution is 6.24. The predicted molar refractivity (Wildman–Crippen MR) is 84.7 cm³/mol. The second-order valence-electron chi connectivity index (χ2n) is 5.21. The Bertz CT molecular complexity index is 808. The summed E-state index contributed by atoms with van der Waals surface area (Å²) < 4.78 is 0. The van der Waals surface area contributed by atoms with Gasteiger partial charge in [-0.1, -0.05) is 30.3 Å². The van der Waals surface area contributed by atoms with Crippen LogP contribution in [0.2, 0.25) is 0 Å². The fourth-order valence-electron chi connectivity index (χ4n) is 2.63. The van der Waals surface area contributed by atoms with Crippen LogP contribution in [0, 0.1) is 10.1 Å². The van der Waals surface area contributed by atoms with Gasteiger partial charge < -0.3 is 0 Å². The summed E-state index contributed by atoms with van der Waals surface area (Å²) in [6, 6.07) is 12.7. The van der Waals surface area contributed by atoms with Crippen molar-refractivity contribution in [3.63, 3.8) is 0 Å². The maximum atomic E-state index is 12.6. The summed E-state index contributed by atoms with van der Waals surface area (Å²) in [6.07, 6.45) is -0.268. The summed E-state index contributed by atoms with van der Waals surface area (Å²) in [5, 5.41) is 22.1. The van der Waals surface area contributed by atoms with Crippen molar-refractivity contribution in [1.29, 1.82) is 0 Å². The van der Waals surface area contributed by atoms with Crippen LogP contribution in [-0.2, 0) is 9.59 Å². The van der Waals surface area contributed by atoms with E-state index in [0.29, 0.717) is 5.69 Å². The molecule has 8 heteroatoms. The van der Waals surface area contributed by atoms with Gasteiger partial charge >= 0.3 is 0 Å². The van der Waals surface area contributed by atoms with Crippen LogP contribution in [0.1, 0.15) is 6.42 Å². The van der Waals surface area contributed by atoms with Crippen molar-refractivity contribution >= 4 is 28.9 Å². The number of benzene rings is 2. The van der Waals surface area contributed by atoms with Crippen LogP contribution < -0.4 is 9.96 Å². The minimum atomic E-state index is -1.13. The molecule has 1 aliphatic rings. The van der Waals surface area contributed by atoms with E-state index >= 15 is 0 Å². The van der Waals surface area contributed by atoms with Gasteiger partial charge in [0.15, 0.2) is 0 Å². The molecule has 1 aliphatic heterocycles. The highest BCUT2D eigenvalue weighted by Crippen LogP contribution is 2.33. The Hall–Kier alpha value is -3.26. The quantitative estimate of drug-likeness (QED) is 0.524. The van der Waals surface area contributed by atoms with Gasteiger partial charge in [0.25, 0.3) is 11.6 Å². The van der Waals surface area contributed by atoms with Crippen LogP contribution in [0.3, 0.4) is 0 Å². The fraction of sp³-hybridized carbons (Fsp3) is 0.125. The molecule has 122 valence electrons. The smallest absolute Gasteiger partial charge is 0.288 e. The highest BCUT2D eigenvalue weighted by atomic mass is 16.6. The second kappa shape index (κ2) is 6.09. The van der Waals surface area contributed by atoms with Gasteiger partial charge in [0.2, 0.25) is 5.91 Å². The number of hydrogen-bond donors (Lipinski definition) is 1. The Morgan fingerprint density at radius 3 is 2.38 bits per heavy atom. The Morgan fingerprint density at radius 1 is 1.08 bits per heavy atom. The predicted octanol–water partition coefficient (Wildman–Crippen LogP) is 2.12. The van der Waals surface area contributed by atoms with Crippen molar-refractivity contribution < 1.29 is 19.7 Å². The largest absolute Gasteiger partial charge is 0.293 e. The Morgan fingerprint density at radius 2 is 1.71 bits per heavy atom. The molecule has 2 aromatic rings. The van der Waals surface area contributed by atoms with Crippen molar-refractivity contribution in [2.24, 2.45) is 0 Å². The molecule has 8 nitrogen and oxygen atoms in total. The first-order valence-electron chi connectivity index (χ1n) is 7.14. The van der Waals surface area contributed by atoms with Crippen molar-refractivity contribution in [3.05, 3.63) is 64.7 Å². The molecule has 0 aliphatic carbocycles. The average molecular weight is 327 g/mol.